The van der Waals surface area contributed by atoms with Crippen molar-refractivity contribution in [3.63, 3.8) is 0 Å². The van der Waals surface area contributed by atoms with Crippen molar-refractivity contribution < 1.29 is 13.2 Å². The maximum Gasteiger partial charge on any atom is 0.433 e. The van der Waals surface area contributed by atoms with Crippen LogP contribution in [0.5, 0.6) is 0 Å². The number of nitrogens with zero attached hydrogens (tertiary/aromatic N) is 2. The zero-order valence-corrected chi connectivity index (χ0v) is 10.9. The van der Waals surface area contributed by atoms with Crippen LogP contribution in [0.25, 0.3) is 0 Å². The molecule has 1 N–H and O–H groups in total. The van der Waals surface area contributed by atoms with Gasteiger partial charge in [-0.2, -0.15) is 13.2 Å². The van der Waals surface area contributed by atoms with Crippen LogP contribution in [0.15, 0.2) is 36.5 Å². The molecule has 0 aliphatic rings. The molecule has 0 radical (unpaired) electrons. The topological polar surface area (TPSA) is 37.8 Å². The first-order chi connectivity index (χ1) is 9.45. The minimum atomic E-state index is -4.42. The summed E-state index contributed by atoms with van der Waals surface area (Å²) in [4.78, 5) is 7.70. The molecular formula is C14H14F3N3. The quantitative estimate of drug-likeness (QED) is 0.932. The molecule has 3 nitrogen and oxygen atoms in total. The van der Waals surface area contributed by atoms with E-state index >= 15 is 0 Å². The number of aromatic nitrogens is 2. The van der Waals surface area contributed by atoms with Gasteiger partial charge in [-0.05, 0) is 37.1 Å². The molecule has 2 rings (SSSR count). The molecule has 106 valence electrons. The molecule has 0 amide bonds. The Balaban J connectivity index is 1.93. The highest BCUT2D eigenvalue weighted by Gasteiger charge is 2.32. The normalized spacial score (nSPS) is 11.4. The average molecular weight is 281 g/mol. The van der Waals surface area contributed by atoms with Crippen LogP contribution < -0.4 is 5.32 Å². The first kappa shape index (κ1) is 14.3. The van der Waals surface area contributed by atoms with Crippen LogP contribution in [0.4, 0.5) is 19.0 Å². The predicted molar refractivity (Wildman–Crippen MR) is 70.4 cm³/mol. The zero-order chi connectivity index (χ0) is 14.6. The number of hydrogen-bond donors (Lipinski definition) is 1. The van der Waals surface area contributed by atoms with Crippen LogP contribution in [0, 0.1) is 6.92 Å². The largest absolute Gasteiger partial charge is 0.433 e. The molecule has 0 fully saturated rings. The van der Waals surface area contributed by atoms with Crippen LogP contribution in [-0.2, 0) is 12.6 Å². The number of rotatable bonds is 4. The Morgan fingerprint density at radius 3 is 2.60 bits per heavy atom. The minimum Gasteiger partial charge on any atom is -0.370 e. The molecular weight excluding hydrogens is 267 g/mol. The van der Waals surface area contributed by atoms with Gasteiger partial charge in [0, 0.05) is 18.4 Å². The van der Waals surface area contributed by atoms with Crippen molar-refractivity contribution in [1.82, 2.24) is 9.97 Å². The number of alkyl halides is 3. The van der Waals surface area contributed by atoms with Gasteiger partial charge in [-0.15, -0.1) is 0 Å². The van der Waals surface area contributed by atoms with E-state index in [9.17, 15) is 13.2 Å². The highest BCUT2D eigenvalue weighted by molar-refractivity contribution is 5.36. The van der Waals surface area contributed by atoms with Gasteiger partial charge in [0.05, 0.1) is 0 Å². The van der Waals surface area contributed by atoms with E-state index < -0.39 is 11.9 Å². The lowest BCUT2D eigenvalue weighted by Gasteiger charge is -2.09. The van der Waals surface area contributed by atoms with Crippen molar-refractivity contribution in [1.29, 1.82) is 0 Å². The van der Waals surface area contributed by atoms with Gasteiger partial charge in [-0.25, -0.2) is 4.98 Å². The van der Waals surface area contributed by atoms with Gasteiger partial charge in [0.2, 0.25) is 0 Å². The van der Waals surface area contributed by atoms with Crippen molar-refractivity contribution in [2.75, 3.05) is 11.9 Å². The monoisotopic (exact) mass is 281 g/mol. The summed E-state index contributed by atoms with van der Waals surface area (Å²) in [6.07, 6.45) is -1.99. The van der Waals surface area contributed by atoms with E-state index in [0.717, 1.165) is 17.3 Å². The molecule has 0 aliphatic carbocycles. The summed E-state index contributed by atoms with van der Waals surface area (Å²) in [6, 6.07) is 7.66. The fourth-order valence-electron chi connectivity index (χ4n) is 1.67. The van der Waals surface area contributed by atoms with E-state index in [4.69, 9.17) is 0 Å². The standard InChI is InChI=1S/C14H14F3N3/c1-10-5-6-11(9-19-10)7-8-18-13-4-2-3-12(20-13)14(15,16)17/h2-6,9H,7-8H2,1H3,(H,18,20). The van der Waals surface area contributed by atoms with E-state index in [2.05, 4.69) is 15.3 Å². The van der Waals surface area contributed by atoms with E-state index in [1.165, 1.54) is 12.1 Å². The number of nitrogens with one attached hydrogen (secondary N) is 1. The number of aryl methyl sites for hydroxylation is 1. The van der Waals surface area contributed by atoms with Crippen LogP contribution in [0.2, 0.25) is 0 Å². The van der Waals surface area contributed by atoms with Crippen molar-refractivity contribution in [3.8, 4) is 0 Å². The fraction of sp³-hybridized carbons (Fsp3) is 0.286. The highest BCUT2D eigenvalue weighted by atomic mass is 19.4. The first-order valence-corrected chi connectivity index (χ1v) is 6.15. The lowest BCUT2D eigenvalue weighted by Crippen LogP contribution is -2.11. The summed E-state index contributed by atoms with van der Waals surface area (Å²) in [7, 11) is 0. The Morgan fingerprint density at radius 1 is 1.15 bits per heavy atom. The molecule has 2 heterocycles. The third kappa shape index (κ3) is 3.94. The predicted octanol–water partition coefficient (Wildman–Crippen LogP) is 3.46. The van der Waals surface area contributed by atoms with Gasteiger partial charge in [0.25, 0.3) is 0 Å². The van der Waals surface area contributed by atoms with Crippen molar-refractivity contribution in [3.05, 3.63) is 53.5 Å². The van der Waals surface area contributed by atoms with Crippen LogP contribution in [0.3, 0.4) is 0 Å². The summed E-state index contributed by atoms with van der Waals surface area (Å²) in [6.45, 7) is 2.40. The molecule has 0 atom stereocenters. The number of halogens is 3. The van der Waals surface area contributed by atoms with E-state index in [1.807, 2.05) is 19.1 Å². The molecule has 6 heteroatoms. The molecule has 0 spiro atoms. The van der Waals surface area contributed by atoms with Gasteiger partial charge >= 0.3 is 6.18 Å². The molecule has 0 unspecified atom stereocenters. The molecule has 0 saturated heterocycles. The maximum absolute atomic E-state index is 12.5. The number of anilines is 1. The molecule has 0 aliphatic heterocycles. The third-order valence-corrected chi connectivity index (χ3v) is 2.73. The Morgan fingerprint density at radius 2 is 1.95 bits per heavy atom. The third-order valence-electron chi connectivity index (χ3n) is 2.73. The lowest BCUT2D eigenvalue weighted by molar-refractivity contribution is -0.141. The highest BCUT2D eigenvalue weighted by Crippen LogP contribution is 2.28. The van der Waals surface area contributed by atoms with E-state index in [-0.39, 0.29) is 5.82 Å². The second kappa shape index (κ2) is 5.90. The Kier molecular flexibility index (Phi) is 4.22. The van der Waals surface area contributed by atoms with Crippen LogP contribution in [0.1, 0.15) is 17.0 Å². The molecule has 2 aromatic heterocycles. The summed E-state index contributed by atoms with van der Waals surface area (Å²) in [5, 5.41) is 2.88. The summed E-state index contributed by atoms with van der Waals surface area (Å²) < 4.78 is 37.5. The number of hydrogen-bond acceptors (Lipinski definition) is 3. The SMILES string of the molecule is Cc1ccc(CCNc2cccc(C(F)(F)F)n2)cn1. The van der Waals surface area contributed by atoms with E-state index in [0.29, 0.717) is 13.0 Å². The fourth-order valence-corrected chi connectivity index (χ4v) is 1.67. The maximum atomic E-state index is 12.5. The second-order valence-corrected chi connectivity index (χ2v) is 4.39. The minimum absolute atomic E-state index is 0.222. The first-order valence-electron chi connectivity index (χ1n) is 6.15. The molecule has 0 saturated carbocycles. The average Bonchev–Trinajstić information content (AvgIpc) is 2.40. The van der Waals surface area contributed by atoms with Gasteiger partial charge in [0.15, 0.2) is 0 Å². The van der Waals surface area contributed by atoms with Crippen molar-refractivity contribution >= 4 is 5.82 Å². The molecule has 2 aromatic rings. The van der Waals surface area contributed by atoms with Gasteiger partial charge in [-0.1, -0.05) is 12.1 Å². The Hall–Kier alpha value is -2.11. The molecule has 0 aromatic carbocycles. The van der Waals surface area contributed by atoms with Gasteiger partial charge in [-0.3, -0.25) is 4.98 Å². The Labute approximate surface area is 114 Å². The Bertz CT molecular complexity index is 565. The summed E-state index contributed by atoms with van der Waals surface area (Å²) in [5.41, 5.74) is 1.07. The lowest BCUT2D eigenvalue weighted by atomic mass is 10.2. The molecule has 0 bridgehead atoms. The zero-order valence-electron chi connectivity index (χ0n) is 10.9. The summed E-state index contributed by atoms with van der Waals surface area (Å²) in [5.74, 6) is 0.222. The van der Waals surface area contributed by atoms with Crippen LogP contribution >= 0.6 is 0 Å². The van der Waals surface area contributed by atoms with Crippen LogP contribution in [-0.4, -0.2) is 16.5 Å². The second-order valence-electron chi connectivity index (χ2n) is 4.39. The number of pyridine rings is 2. The smallest absolute Gasteiger partial charge is 0.370 e. The van der Waals surface area contributed by atoms with Gasteiger partial charge < -0.3 is 5.32 Å². The van der Waals surface area contributed by atoms with Crippen molar-refractivity contribution in [2.45, 2.75) is 19.5 Å². The summed E-state index contributed by atoms with van der Waals surface area (Å²) >= 11 is 0. The van der Waals surface area contributed by atoms with E-state index in [1.54, 1.807) is 6.20 Å². The molecule has 20 heavy (non-hydrogen) atoms. The van der Waals surface area contributed by atoms with Crippen molar-refractivity contribution in [2.24, 2.45) is 0 Å². The van der Waals surface area contributed by atoms with Gasteiger partial charge in [0.1, 0.15) is 11.5 Å².